The molecule has 1 aromatic carbocycles. The van der Waals surface area contributed by atoms with Crippen molar-refractivity contribution in [1.82, 2.24) is 0 Å². The molecule has 3 N–H and O–H groups in total. The zero-order valence-corrected chi connectivity index (χ0v) is 10.2. The Balaban J connectivity index is 3.13. The first-order valence-electron chi connectivity index (χ1n) is 4.83. The van der Waals surface area contributed by atoms with Gasteiger partial charge in [0.2, 0.25) is 10.0 Å². The molecule has 0 bridgehead atoms. The maximum atomic E-state index is 11.2. The van der Waals surface area contributed by atoms with Gasteiger partial charge < -0.3 is 10.1 Å². The van der Waals surface area contributed by atoms with Crippen molar-refractivity contribution in [2.75, 3.05) is 18.5 Å². The van der Waals surface area contributed by atoms with E-state index in [1.165, 1.54) is 18.2 Å². The topological polar surface area (TPSA) is 105 Å². The zero-order valence-electron chi connectivity index (χ0n) is 9.38. The summed E-state index contributed by atoms with van der Waals surface area (Å²) in [6.45, 7) is 0.0381. The Kier molecular flexibility index (Phi) is 4.55. The van der Waals surface area contributed by atoms with Crippen LogP contribution in [0.3, 0.4) is 0 Å². The molecule has 6 nitrogen and oxygen atoms in total. The Morgan fingerprint density at radius 1 is 1.50 bits per heavy atom. The van der Waals surface area contributed by atoms with Crippen molar-refractivity contribution in [2.24, 2.45) is 5.14 Å². The number of ether oxygens (including phenoxy) is 1. The third kappa shape index (κ3) is 3.67. The molecule has 0 radical (unpaired) electrons. The first-order valence-corrected chi connectivity index (χ1v) is 6.37. The molecule has 0 spiro atoms. The van der Waals surface area contributed by atoms with E-state index in [0.717, 1.165) is 0 Å². The van der Waals surface area contributed by atoms with Crippen LogP contribution in [0.5, 0.6) is 5.75 Å². The van der Waals surface area contributed by atoms with Gasteiger partial charge in [-0.05, 0) is 12.1 Å². The molecule has 0 saturated carbocycles. The van der Waals surface area contributed by atoms with E-state index >= 15 is 0 Å². The number of nitriles is 1. The number of hydrogen-bond donors (Lipinski definition) is 2. The summed E-state index contributed by atoms with van der Waals surface area (Å²) >= 11 is 0. The maximum absolute atomic E-state index is 11.2. The Hall–Kier alpha value is -2.22. The highest BCUT2D eigenvalue weighted by atomic mass is 32.2. The number of nitrogens with one attached hydrogen (secondary N) is 1. The van der Waals surface area contributed by atoms with Crippen LogP contribution in [0.25, 0.3) is 0 Å². The highest BCUT2D eigenvalue weighted by Crippen LogP contribution is 2.27. The Morgan fingerprint density at radius 2 is 2.22 bits per heavy atom. The van der Waals surface area contributed by atoms with E-state index in [9.17, 15) is 8.42 Å². The number of nitrogens with zero attached hydrogens (tertiary/aromatic N) is 1. The first kappa shape index (κ1) is 13.8. The highest BCUT2D eigenvalue weighted by Gasteiger charge is 2.12. The number of hydrogen-bond acceptors (Lipinski definition) is 5. The van der Waals surface area contributed by atoms with Gasteiger partial charge in [0.25, 0.3) is 0 Å². The van der Waals surface area contributed by atoms with Crippen LogP contribution >= 0.6 is 0 Å². The largest absolute Gasteiger partial charge is 0.477 e. The molecule has 0 heterocycles. The van der Waals surface area contributed by atoms with Gasteiger partial charge in [0, 0.05) is 6.07 Å². The van der Waals surface area contributed by atoms with E-state index in [2.05, 4.69) is 11.2 Å². The second-order valence-electron chi connectivity index (χ2n) is 3.21. The summed E-state index contributed by atoms with van der Waals surface area (Å²) in [5, 5.41) is 16.3. The molecule has 94 valence electrons. The minimum Gasteiger partial charge on any atom is -0.477 e. The lowest BCUT2D eigenvalue weighted by Gasteiger charge is -2.11. The van der Waals surface area contributed by atoms with Crippen molar-refractivity contribution >= 4 is 15.7 Å². The van der Waals surface area contributed by atoms with Crippen molar-refractivity contribution < 1.29 is 13.2 Å². The molecule has 0 saturated heterocycles. The molecule has 0 fully saturated rings. The number of sulfonamides is 1. The van der Waals surface area contributed by atoms with Crippen LogP contribution in [0.15, 0.2) is 23.1 Å². The standard InChI is InChI=1S/C11H11N3O3S/c1-2-6-14-10-4-3-9(18(13,15)16)8-11(10)17-7-5-12/h1,3-4,8,14H,6-7H2,(H2,13,15,16). The lowest BCUT2D eigenvalue weighted by Crippen LogP contribution is -2.13. The molecule has 0 atom stereocenters. The van der Waals surface area contributed by atoms with Crippen LogP contribution in [0.4, 0.5) is 5.69 Å². The van der Waals surface area contributed by atoms with Crippen LogP contribution in [-0.4, -0.2) is 21.6 Å². The Bertz CT molecular complexity index is 611. The molecule has 0 amide bonds. The summed E-state index contributed by atoms with van der Waals surface area (Å²) in [7, 11) is -3.82. The molecule has 7 heteroatoms. The van der Waals surface area contributed by atoms with Crippen LogP contribution < -0.4 is 15.2 Å². The van der Waals surface area contributed by atoms with E-state index in [0.29, 0.717) is 5.69 Å². The smallest absolute Gasteiger partial charge is 0.238 e. The van der Waals surface area contributed by atoms with Gasteiger partial charge in [-0.1, -0.05) is 5.92 Å². The van der Waals surface area contributed by atoms with E-state index < -0.39 is 10.0 Å². The second kappa shape index (κ2) is 5.92. The SMILES string of the molecule is C#CCNc1ccc(S(N)(=O)=O)cc1OCC#N. The molecule has 1 aromatic rings. The fraction of sp³-hybridized carbons (Fsp3) is 0.182. The Morgan fingerprint density at radius 3 is 2.78 bits per heavy atom. The molecule has 18 heavy (non-hydrogen) atoms. The molecule has 0 aromatic heterocycles. The fourth-order valence-corrected chi connectivity index (χ4v) is 1.73. The Labute approximate surface area is 105 Å². The van der Waals surface area contributed by atoms with Crippen molar-refractivity contribution in [3.8, 4) is 24.2 Å². The number of rotatable bonds is 5. The van der Waals surface area contributed by atoms with Crippen LogP contribution in [0.1, 0.15) is 0 Å². The van der Waals surface area contributed by atoms with Gasteiger partial charge in [-0.25, -0.2) is 13.6 Å². The van der Waals surface area contributed by atoms with Crippen molar-refractivity contribution in [1.29, 1.82) is 5.26 Å². The van der Waals surface area contributed by atoms with Crippen molar-refractivity contribution in [3.63, 3.8) is 0 Å². The number of nitrogens with two attached hydrogens (primary N) is 1. The normalized spacial score (nSPS) is 10.2. The number of terminal acetylenes is 1. The summed E-state index contributed by atoms with van der Waals surface area (Å²) in [5.41, 5.74) is 0.496. The zero-order chi connectivity index (χ0) is 13.6. The summed E-state index contributed by atoms with van der Waals surface area (Å²) in [5.74, 6) is 2.58. The van der Waals surface area contributed by atoms with Gasteiger partial charge in [0.1, 0.15) is 11.8 Å². The van der Waals surface area contributed by atoms with Gasteiger partial charge in [0.15, 0.2) is 6.61 Å². The van der Waals surface area contributed by atoms with Crippen molar-refractivity contribution in [3.05, 3.63) is 18.2 Å². The van der Waals surface area contributed by atoms with Gasteiger partial charge in [-0.2, -0.15) is 5.26 Å². The lowest BCUT2D eigenvalue weighted by molar-refractivity contribution is 0.369. The van der Waals surface area contributed by atoms with Crippen LogP contribution in [0.2, 0.25) is 0 Å². The number of benzene rings is 1. The summed E-state index contributed by atoms with van der Waals surface area (Å²) in [4.78, 5) is -0.0957. The molecule has 0 aliphatic carbocycles. The van der Waals surface area contributed by atoms with E-state index in [4.69, 9.17) is 21.6 Å². The lowest BCUT2D eigenvalue weighted by atomic mass is 10.3. The first-order chi connectivity index (χ1) is 8.49. The van der Waals surface area contributed by atoms with Crippen LogP contribution in [0, 0.1) is 23.7 Å². The molecular weight excluding hydrogens is 254 g/mol. The van der Waals surface area contributed by atoms with E-state index in [1.807, 2.05) is 0 Å². The third-order valence-electron chi connectivity index (χ3n) is 1.95. The molecule has 0 unspecified atom stereocenters. The summed E-state index contributed by atoms with van der Waals surface area (Å²) in [6.07, 6.45) is 5.10. The molecular formula is C11H11N3O3S. The number of primary sulfonamides is 1. The predicted octanol–water partition coefficient (Wildman–Crippen LogP) is 0.281. The minimum absolute atomic E-state index is 0.0957. The average molecular weight is 265 g/mol. The maximum Gasteiger partial charge on any atom is 0.238 e. The van der Waals surface area contributed by atoms with Gasteiger partial charge in [-0.15, -0.1) is 6.42 Å². The monoisotopic (exact) mass is 265 g/mol. The fourth-order valence-electron chi connectivity index (χ4n) is 1.20. The summed E-state index contributed by atoms with van der Waals surface area (Å²) in [6, 6.07) is 5.83. The summed E-state index contributed by atoms with van der Waals surface area (Å²) < 4.78 is 27.5. The van der Waals surface area contributed by atoms with Gasteiger partial charge in [0.05, 0.1) is 17.1 Å². The number of anilines is 1. The second-order valence-corrected chi connectivity index (χ2v) is 4.77. The van der Waals surface area contributed by atoms with Gasteiger partial charge >= 0.3 is 0 Å². The van der Waals surface area contributed by atoms with Gasteiger partial charge in [-0.3, -0.25) is 0 Å². The van der Waals surface area contributed by atoms with E-state index in [1.54, 1.807) is 6.07 Å². The minimum atomic E-state index is -3.82. The van der Waals surface area contributed by atoms with E-state index in [-0.39, 0.29) is 23.8 Å². The van der Waals surface area contributed by atoms with Crippen molar-refractivity contribution in [2.45, 2.75) is 4.90 Å². The quantitative estimate of drug-likeness (QED) is 0.744. The predicted molar refractivity (Wildman–Crippen MR) is 66.2 cm³/mol. The third-order valence-corrected chi connectivity index (χ3v) is 2.87. The molecule has 0 aliphatic rings. The molecule has 0 aliphatic heterocycles. The van der Waals surface area contributed by atoms with Crippen LogP contribution in [-0.2, 0) is 10.0 Å². The average Bonchev–Trinajstić information content (AvgIpc) is 2.33. The molecule has 1 rings (SSSR count). The highest BCUT2D eigenvalue weighted by molar-refractivity contribution is 7.89.